The number of para-hydroxylation sites is 1. The number of benzene rings is 2. The highest BCUT2D eigenvalue weighted by molar-refractivity contribution is 6.30. The van der Waals surface area contributed by atoms with Gasteiger partial charge in [0, 0.05) is 17.4 Å². The number of amides is 1. The Kier molecular flexibility index (Phi) is 3.71. The minimum absolute atomic E-state index is 0.207. The summed E-state index contributed by atoms with van der Waals surface area (Å²) in [4.78, 5) is 18.2. The van der Waals surface area contributed by atoms with Crippen LogP contribution in [0.15, 0.2) is 73.3 Å². The zero-order valence-corrected chi connectivity index (χ0v) is 11.8. The lowest BCUT2D eigenvalue weighted by Gasteiger charge is -2.23. The lowest BCUT2D eigenvalue weighted by atomic mass is 10.2. The highest BCUT2D eigenvalue weighted by atomic mass is 35.5. The summed E-state index contributed by atoms with van der Waals surface area (Å²) in [5.74, 6) is 0. The molecule has 0 aliphatic rings. The number of nitrogens with zero attached hydrogens (tertiary/aromatic N) is 3. The molecule has 4 nitrogen and oxygen atoms in total. The van der Waals surface area contributed by atoms with Crippen LogP contribution in [0.3, 0.4) is 0 Å². The van der Waals surface area contributed by atoms with Crippen molar-refractivity contribution in [3.05, 3.63) is 78.3 Å². The van der Waals surface area contributed by atoms with Gasteiger partial charge in [-0.2, -0.15) is 0 Å². The van der Waals surface area contributed by atoms with Crippen molar-refractivity contribution in [1.29, 1.82) is 0 Å². The first-order chi connectivity index (χ1) is 10.3. The molecule has 0 aliphatic carbocycles. The summed E-state index contributed by atoms with van der Waals surface area (Å²) in [6.07, 6.45) is 4.67. The first-order valence-corrected chi connectivity index (χ1v) is 6.76. The first-order valence-electron chi connectivity index (χ1n) is 6.39. The third-order valence-corrected chi connectivity index (χ3v) is 3.27. The maximum absolute atomic E-state index is 12.7. The van der Waals surface area contributed by atoms with Gasteiger partial charge in [0.05, 0.1) is 11.4 Å². The Balaban J connectivity index is 2.07. The number of carbonyl (C=O) groups is 1. The van der Waals surface area contributed by atoms with Crippen molar-refractivity contribution in [3.63, 3.8) is 0 Å². The van der Waals surface area contributed by atoms with Crippen molar-refractivity contribution in [3.8, 4) is 0 Å². The topological polar surface area (TPSA) is 38.1 Å². The molecule has 0 atom stereocenters. The van der Waals surface area contributed by atoms with Gasteiger partial charge >= 0.3 is 6.03 Å². The maximum atomic E-state index is 12.7. The third kappa shape index (κ3) is 2.80. The molecule has 1 heterocycles. The quantitative estimate of drug-likeness (QED) is 0.705. The van der Waals surface area contributed by atoms with Gasteiger partial charge in [-0.05, 0) is 36.4 Å². The van der Waals surface area contributed by atoms with E-state index in [1.165, 1.54) is 10.9 Å². The number of hydrogen-bond donors (Lipinski definition) is 0. The molecule has 3 aromatic rings. The molecule has 3 rings (SSSR count). The van der Waals surface area contributed by atoms with Crippen molar-refractivity contribution in [1.82, 2.24) is 9.55 Å². The van der Waals surface area contributed by atoms with Crippen LogP contribution < -0.4 is 4.90 Å². The second-order valence-electron chi connectivity index (χ2n) is 4.40. The summed E-state index contributed by atoms with van der Waals surface area (Å²) in [6, 6.07) is 16.4. The fourth-order valence-electron chi connectivity index (χ4n) is 2.02. The predicted octanol–water partition coefficient (Wildman–Crippen LogP) is 4.34. The average molecular weight is 298 g/mol. The fraction of sp³-hybridized carbons (Fsp3) is 0. The van der Waals surface area contributed by atoms with Crippen molar-refractivity contribution in [2.75, 3.05) is 4.90 Å². The van der Waals surface area contributed by atoms with Gasteiger partial charge in [-0.3, -0.25) is 9.47 Å². The van der Waals surface area contributed by atoms with E-state index in [4.69, 9.17) is 11.6 Å². The number of hydrogen-bond acceptors (Lipinski definition) is 2. The van der Waals surface area contributed by atoms with E-state index in [1.54, 1.807) is 29.4 Å². The van der Waals surface area contributed by atoms with Crippen LogP contribution in [0.4, 0.5) is 16.2 Å². The summed E-state index contributed by atoms with van der Waals surface area (Å²) in [7, 11) is 0. The van der Waals surface area contributed by atoms with E-state index < -0.39 is 0 Å². The molecule has 0 unspecified atom stereocenters. The molecule has 0 N–H and O–H groups in total. The molecule has 0 aliphatic heterocycles. The first kappa shape index (κ1) is 13.4. The predicted molar refractivity (Wildman–Crippen MR) is 83.1 cm³/mol. The van der Waals surface area contributed by atoms with Crippen molar-refractivity contribution < 1.29 is 4.79 Å². The minimum Gasteiger partial charge on any atom is -0.262 e. The van der Waals surface area contributed by atoms with Gasteiger partial charge in [0.25, 0.3) is 0 Å². The van der Waals surface area contributed by atoms with Crippen LogP contribution in [0.5, 0.6) is 0 Å². The normalized spacial score (nSPS) is 10.3. The van der Waals surface area contributed by atoms with Gasteiger partial charge in [0.15, 0.2) is 0 Å². The lowest BCUT2D eigenvalue weighted by molar-refractivity contribution is 0.250. The van der Waals surface area contributed by atoms with Crippen LogP contribution in [-0.4, -0.2) is 15.6 Å². The van der Waals surface area contributed by atoms with E-state index in [2.05, 4.69) is 4.98 Å². The zero-order valence-electron chi connectivity index (χ0n) is 11.1. The van der Waals surface area contributed by atoms with E-state index in [-0.39, 0.29) is 6.03 Å². The molecule has 0 radical (unpaired) electrons. The van der Waals surface area contributed by atoms with E-state index >= 15 is 0 Å². The Morgan fingerprint density at radius 2 is 1.67 bits per heavy atom. The van der Waals surface area contributed by atoms with Crippen LogP contribution in [-0.2, 0) is 0 Å². The Morgan fingerprint density at radius 3 is 2.29 bits per heavy atom. The number of carbonyl (C=O) groups excluding carboxylic acids is 1. The van der Waals surface area contributed by atoms with Gasteiger partial charge in [-0.15, -0.1) is 0 Å². The smallest absolute Gasteiger partial charge is 0.262 e. The SMILES string of the molecule is O=C(N(c1ccccc1)c1ccc(Cl)cc1)n1ccnc1. The summed E-state index contributed by atoms with van der Waals surface area (Å²) >= 11 is 5.92. The second kappa shape index (κ2) is 5.81. The summed E-state index contributed by atoms with van der Waals surface area (Å²) in [6.45, 7) is 0. The van der Waals surface area contributed by atoms with Crippen LogP contribution in [0.2, 0.25) is 5.02 Å². The summed E-state index contributed by atoms with van der Waals surface area (Å²) in [5, 5.41) is 0.627. The Bertz CT molecular complexity index is 724. The molecule has 0 saturated heterocycles. The molecule has 0 spiro atoms. The van der Waals surface area contributed by atoms with E-state index in [1.807, 2.05) is 42.5 Å². The van der Waals surface area contributed by atoms with Crippen LogP contribution in [0, 0.1) is 0 Å². The monoisotopic (exact) mass is 297 g/mol. The molecule has 0 bridgehead atoms. The number of aromatic nitrogens is 2. The number of imidazole rings is 1. The Labute approximate surface area is 127 Å². The largest absolute Gasteiger partial charge is 0.338 e. The standard InChI is InChI=1S/C16H12ClN3O/c17-13-6-8-15(9-7-13)20(14-4-2-1-3-5-14)16(21)19-11-10-18-12-19/h1-12H. The fourth-order valence-corrected chi connectivity index (χ4v) is 2.15. The van der Waals surface area contributed by atoms with Crippen LogP contribution in [0.1, 0.15) is 0 Å². The van der Waals surface area contributed by atoms with E-state index in [0.29, 0.717) is 5.02 Å². The third-order valence-electron chi connectivity index (χ3n) is 3.02. The molecular weight excluding hydrogens is 286 g/mol. The summed E-state index contributed by atoms with van der Waals surface area (Å²) in [5.41, 5.74) is 1.52. The number of halogens is 1. The molecular formula is C16H12ClN3O. The molecule has 5 heteroatoms. The molecule has 1 amide bonds. The minimum atomic E-state index is -0.207. The van der Waals surface area contributed by atoms with Gasteiger partial charge < -0.3 is 0 Å². The van der Waals surface area contributed by atoms with Crippen molar-refractivity contribution in [2.45, 2.75) is 0 Å². The van der Waals surface area contributed by atoms with Crippen LogP contribution >= 0.6 is 11.6 Å². The van der Waals surface area contributed by atoms with Gasteiger partial charge in [0.2, 0.25) is 0 Å². The molecule has 0 fully saturated rings. The zero-order chi connectivity index (χ0) is 14.7. The Hall–Kier alpha value is -2.59. The molecule has 1 aromatic heterocycles. The van der Waals surface area contributed by atoms with Gasteiger partial charge in [0.1, 0.15) is 6.33 Å². The van der Waals surface area contributed by atoms with Gasteiger partial charge in [-0.25, -0.2) is 9.78 Å². The molecule has 21 heavy (non-hydrogen) atoms. The molecule has 0 saturated carbocycles. The van der Waals surface area contributed by atoms with Gasteiger partial charge in [-0.1, -0.05) is 29.8 Å². The van der Waals surface area contributed by atoms with Crippen molar-refractivity contribution in [2.24, 2.45) is 0 Å². The summed E-state index contributed by atoms with van der Waals surface area (Å²) < 4.78 is 1.43. The lowest BCUT2D eigenvalue weighted by Crippen LogP contribution is -2.29. The van der Waals surface area contributed by atoms with Crippen molar-refractivity contribution >= 4 is 29.0 Å². The molecule has 2 aromatic carbocycles. The van der Waals surface area contributed by atoms with E-state index in [9.17, 15) is 4.79 Å². The maximum Gasteiger partial charge on any atom is 0.338 e. The van der Waals surface area contributed by atoms with E-state index in [0.717, 1.165) is 11.4 Å². The molecule has 104 valence electrons. The second-order valence-corrected chi connectivity index (χ2v) is 4.84. The highest BCUT2D eigenvalue weighted by Gasteiger charge is 2.19. The number of rotatable bonds is 2. The average Bonchev–Trinajstić information content (AvgIpc) is 3.05. The highest BCUT2D eigenvalue weighted by Crippen LogP contribution is 2.27. The van der Waals surface area contributed by atoms with Crippen LogP contribution in [0.25, 0.3) is 0 Å². The Morgan fingerprint density at radius 1 is 1.00 bits per heavy atom. The number of anilines is 2.